The van der Waals surface area contributed by atoms with E-state index in [4.69, 9.17) is 4.74 Å². The van der Waals surface area contributed by atoms with E-state index in [1.165, 1.54) is 0 Å². The second-order valence-corrected chi connectivity index (χ2v) is 23.2. The predicted octanol–water partition coefficient (Wildman–Crippen LogP) is 3.77. The molecule has 1 saturated heterocycles. The van der Waals surface area contributed by atoms with Gasteiger partial charge < -0.3 is 0 Å². The van der Waals surface area contributed by atoms with Crippen molar-refractivity contribution < 1.29 is 17.9 Å². The van der Waals surface area contributed by atoms with E-state index >= 15 is 0 Å². The van der Waals surface area contributed by atoms with E-state index in [0.29, 0.717) is 6.61 Å². The Bertz CT molecular complexity index is 931. The second kappa shape index (κ2) is 10.1. The van der Waals surface area contributed by atoms with Gasteiger partial charge in [0.1, 0.15) is 0 Å². The summed E-state index contributed by atoms with van der Waals surface area (Å²) in [5.41, 5.74) is 2.27. The zero-order valence-electron chi connectivity index (χ0n) is 19.3. The Kier molecular flexibility index (Phi) is 7.93. The van der Waals surface area contributed by atoms with Crippen LogP contribution in [0.5, 0.6) is 0 Å². The van der Waals surface area contributed by atoms with E-state index in [9.17, 15) is 13.2 Å². The standard InChI is InChI=1S/C19H23F3N5O.3CH3.Sn/c1-3-13-8-15(27-7-6-23-11-16(27)12-28-2)4-5-17(13)26-18-24-9-14(10-25-18)19(20,21)22;;;;/h4-5,8-9,16,23H,3,6-7,11-12H2,1-2H3,(H,24,25,26);3*1H3;. The van der Waals surface area contributed by atoms with Crippen molar-refractivity contribution in [1.82, 2.24) is 15.3 Å². The number of aromatic nitrogens is 2. The van der Waals surface area contributed by atoms with Crippen molar-refractivity contribution in [1.29, 1.82) is 0 Å². The monoisotopic (exact) mass is 559 g/mol. The van der Waals surface area contributed by atoms with Crippen LogP contribution in [0.2, 0.25) is 14.8 Å². The second-order valence-electron chi connectivity index (χ2n) is 9.03. The Labute approximate surface area is 191 Å². The molecule has 1 fully saturated rings. The Balaban J connectivity index is 1.91. The summed E-state index contributed by atoms with van der Waals surface area (Å²) in [6, 6.07) is 6.37. The first kappa shape index (κ1) is 25.0. The van der Waals surface area contributed by atoms with Crippen molar-refractivity contribution >= 4 is 39.4 Å². The van der Waals surface area contributed by atoms with Gasteiger partial charge in [0.15, 0.2) is 0 Å². The molecule has 0 aliphatic carbocycles. The fourth-order valence-electron chi connectivity index (χ4n) is 3.96. The summed E-state index contributed by atoms with van der Waals surface area (Å²) in [6.45, 7) is 5.33. The minimum absolute atomic E-state index is 0.183. The van der Waals surface area contributed by atoms with Crippen molar-refractivity contribution in [2.75, 3.05) is 43.6 Å². The Hall–Kier alpha value is -1.59. The summed E-state index contributed by atoms with van der Waals surface area (Å²) in [4.78, 5) is 16.4. The zero-order chi connectivity index (χ0) is 23.5. The molecule has 3 rings (SSSR count). The normalized spacial score (nSPS) is 17.5. The molecule has 0 radical (unpaired) electrons. The number of benzene rings is 1. The van der Waals surface area contributed by atoms with Crippen molar-refractivity contribution in [3.8, 4) is 0 Å². The predicted molar refractivity (Wildman–Crippen MR) is 125 cm³/mol. The average molecular weight is 558 g/mol. The molecule has 176 valence electrons. The molecule has 1 aliphatic heterocycles. The van der Waals surface area contributed by atoms with E-state index in [-0.39, 0.29) is 15.7 Å². The molecule has 0 saturated carbocycles. The number of alkyl halides is 3. The quantitative estimate of drug-likeness (QED) is 0.505. The SMILES string of the molecule is CCc1cc(N2CCNCC2COC)ccc1Nc1ncc(C(F)(F)F)[c]([Sn]([CH3])([CH3])[CH3])n1. The molecule has 2 aromatic rings. The van der Waals surface area contributed by atoms with Gasteiger partial charge in [-0.2, -0.15) is 0 Å². The van der Waals surface area contributed by atoms with Gasteiger partial charge in [-0.25, -0.2) is 0 Å². The van der Waals surface area contributed by atoms with Crippen molar-refractivity contribution in [3.63, 3.8) is 0 Å². The van der Waals surface area contributed by atoms with E-state index in [1.54, 1.807) is 7.11 Å². The van der Waals surface area contributed by atoms with E-state index in [1.807, 2.05) is 27.0 Å². The number of nitrogens with one attached hydrogen (secondary N) is 2. The molecule has 32 heavy (non-hydrogen) atoms. The van der Waals surface area contributed by atoms with Crippen LogP contribution in [0.4, 0.5) is 30.5 Å². The van der Waals surface area contributed by atoms with Gasteiger partial charge >= 0.3 is 185 Å². The number of piperazine rings is 1. The summed E-state index contributed by atoms with van der Waals surface area (Å²) in [5, 5.41) is 6.57. The van der Waals surface area contributed by atoms with Gasteiger partial charge in [0.05, 0.1) is 0 Å². The molecule has 1 aromatic carbocycles. The fourth-order valence-corrected chi connectivity index (χ4v) is 8.11. The molecule has 1 aromatic heterocycles. The van der Waals surface area contributed by atoms with Gasteiger partial charge in [-0.15, -0.1) is 0 Å². The minimum atomic E-state index is -4.45. The van der Waals surface area contributed by atoms with Crippen LogP contribution in [0.3, 0.4) is 0 Å². The van der Waals surface area contributed by atoms with Crippen LogP contribution in [0, 0.1) is 0 Å². The molecule has 0 bridgehead atoms. The van der Waals surface area contributed by atoms with E-state index < -0.39 is 30.1 Å². The molecule has 2 N–H and O–H groups in total. The molecular formula is C22H32F3N5OSn. The Morgan fingerprint density at radius 3 is 2.66 bits per heavy atom. The van der Waals surface area contributed by atoms with Crippen LogP contribution >= 0.6 is 0 Å². The maximum absolute atomic E-state index is 13.5. The first-order chi connectivity index (χ1) is 15.0. The first-order valence-corrected chi connectivity index (χ1v) is 20.8. The molecular weight excluding hydrogens is 526 g/mol. The average Bonchev–Trinajstić information content (AvgIpc) is 2.73. The molecule has 1 atom stereocenters. The van der Waals surface area contributed by atoms with Crippen LogP contribution in [0.25, 0.3) is 0 Å². The Morgan fingerprint density at radius 2 is 2.03 bits per heavy atom. The van der Waals surface area contributed by atoms with Crippen LogP contribution in [-0.2, 0) is 17.3 Å². The van der Waals surface area contributed by atoms with Gasteiger partial charge in [0, 0.05) is 7.11 Å². The molecule has 1 unspecified atom stereocenters. The molecule has 10 heteroatoms. The summed E-state index contributed by atoms with van der Waals surface area (Å²) < 4.78 is 46.0. The van der Waals surface area contributed by atoms with Crippen molar-refractivity contribution in [2.45, 2.75) is 40.4 Å². The van der Waals surface area contributed by atoms with Crippen LogP contribution < -0.4 is 19.2 Å². The molecule has 0 amide bonds. The Morgan fingerprint density at radius 1 is 1.28 bits per heavy atom. The van der Waals surface area contributed by atoms with Gasteiger partial charge in [-0.3, -0.25) is 0 Å². The number of nitrogens with zero attached hydrogens (tertiary/aromatic N) is 3. The molecule has 0 spiro atoms. The summed E-state index contributed by atoms with van der Waals surface area (Å²) in [6.07, 6.45) is -2.76. The molecule has 1 aliphatic rings. The fraction of sp³-hybridized carbons (Fsp3) is 0.545. The third kappa shape index (κ3) is 5.85. The third-order valence-electron chi connectivity index (χ3n) is 5.56. The van der Waals surface area contributed by atoms with Gasteiger partial charge in [-0.1, -0.05) is 0 Å². The molecule has 2 heterocycles. The number of anilines is 3. The summed E-state index contributed by atoms with van der Waals surface area (Å²) in [7, 11) is 1.71. The van der Waals surface area contributed by atoms with Crippen LogP contribution in [0.15, 0.2) is 24.4 Å². The van der Waals surface area contributed by atoms with Crippen LogP contribution in [-0.4, -0.2) is 67.7 Å². The van der Waals surface area contributed by atoms with Gasteiger partial charge in [0.2, 0.25) is 0 Å². The summed E-state index contributed by atoms with van der Waals surface area (Å²) in [5.74, 6) is 0.210. The number of halogens is 3. The number of ether oxygens (including phenoxy) is 1. The number of methoxy groups -OCH3 is 1. The topological polar surface area (TPSA) is 62.3 Å². The zero-order valence-corrected chi connectivity index (χ0v) is 22.2. The first-order valence-electron chi connectivity index (χ1n) is 10.9. The van der Waals surface area contributed by atoms with Gasteiger partial charge in [0.25, 0.3) is 0 Å². The number of rotatable bonds is 7. The summed E-state index contributed by atoms with van der Waals surface area (Å²) >= 11 is -3.14. The maximum atomic E-state index is 13.5. The van der Waals surface area contributed by atoms with E-state index in [2.05, 4.69) is 38.5 Å². The number of hydrogen-bond acceptors (Lipinski definition) is 6. The molecule has 6 nitrogen and oxygen atoms in total. The number of hydrogen-bond donors (Lipinski definition) is 2. The van der Waals surface area contributed by atoms with E-state index in [0.717, 1.165) is 49.2 Å². The van der Waals surface area contributed by atoms with Crippen LogP contribution in [0.1, 0.15) is 18.1 Å². The third-order valence-corrected chi connectivity index (χ3v) is 10.7. The van der Waals surface area contributed by atoms with Crippen molar-refractivity contribution in [2.24, 2.45) is 0 Å². The number of aryl methyl sites for hydroxylation is 1. The van der Waals surface area contributed by atoms with Gasteiger partial charge in [-0.05, 0) is 0 Å². The van der Waals surface area contributed by atoms with Crippen molar-refractivity contribution in [3.05, 3.63) is 35.5 Å².